The average molecular weight is 361 g/mol. The van der Waals surface area contributed by atoms with Crippen LogP contribution in [0.3, 0.4) is 0 Å². The van der Waals surface area contributed by atoms with E-state index < -0.39 is 5.97 Å². The van der Waals surface area contributed by atoms with E-state index in [1.807, 2.05) is 54.6 Å². The first kappa shape index (κ1) is 20.5. The number of nitrogens with zero attached hydrogens (tertiary/aromatic N) is 1. The summed E-state index contributed by atoms with van der Waals surface area (Å²) in [6.45, 7) is 4.68. The Labute approximate surface area is 162 Å². The first-order valence-electron chi connectivity index (χ1n) is 9.62. The number of hydrogen-bond donors (Lipinski definition) is 0. The number of carbonyl (C=O) groups excluding carboxylic acids is 1. The number of benzene rings is 2. The van der Waals surface area contributed by atoms with Crippen LogP contribution in [0.1, 0.15) is 45.1 Å². The highest BCUT2D eigenvalue weighted by Gasteiger charge is 2.13. The summed E-state index contributed by atoms with van der Waals surface area (Å²) in [5.74, 6) is -0.0752. The predicted molar refractivity (Wildman–Crippen MR) is 110 cm³/mol. The van der Waals surface area contributed by atoms with Crippen LogP contribution in [0, 0.1) is 17.2 Å². The van der Waals surface area contributed by atoms with Crippen molar-refractivity contribution in [2.45, 2.75) is 39.5 Å². The lowest BCUT2D eigenvalue weighted by molar-refractivity contribution is -0.139. The standard InChI is InChI=1S/C24H27NO2/c1-3-5-11-19(4-2)18-27-24(26)16-21(17-25)23-15-10-9-14-22(23)20-12-7-6-8-13-20/h6-10,12-16,19H,3-5,11,18H2,1-2H3. The molecule has 0 heterocycles. The molecule has 27 heavy (non-hydrogen) atoms. The summed E-state index contributed by atoms with van der Waals surface area (Å²) in [6, 6.07) is 19.6. The Morgan fingerprint density at radius 3 is 2.48 bits per heavy atom. The van der Waals surface area contributed by atoms with Crippen molar-refractivity contribution < 1.29 is 9.53 Å². The van der Waals surface area contributed by atoms with Crippen LogP contribution in [0.15, 0.2) is 60.7 Å². The second-order valence-corrected chi connectivity index (χ2v) is 6.63. The summed E-state index contributed by atoms with van der Waals surface area (Å²) in [6.07, 6.45) is 5.64. The van der Waals surface area contributed by atoms with Crippen LogP contribution in [0.25, 0.3) is 16.7 Å². The minimum atomic E-state index is -0.454. The molecule has 0 aliphatic heterocycles. The molecule has 0 saturated carbocycles. The predicted octanol–water partition coefficient (Wildman–Crippen LogP) is 6.02. The van der Waals surface area contributed by atoms with Gasteiger partial charge in [0.25, 0.3) is 0 Å². The van der Waals surface area contributed by atoms with Crippen LogP contribution in [0.5, 0.6) is 0 Å². The van der Waals surface area contributed by atoms with Gasteiger partial charge >= 0.3 is 5.97 Å². The fourth-order valence-corrected chi connectivity index (χ4v) is 3.02. The molecule has 3 nitrogen and oxygen atoms in total. The van der Waals surface area contributed by atoms with E-state index in [1.165, 1.54) is 6.08 Å². The summed E-state index contributed by atoms with van der Waals surface area (Å²) in [4.78, 5) is 12.3. The van der Waals surface area contributed by atoms with Crippen molar-refractivity contribution in [1.29, 1.82) is 5.26 Å². The number of ether oxygens (including phenoxy) is 1. The quantitative estimate of drug-likeness (QED) is 0.312. The third kappa shape index (κ3) is 6.11. The zero-order valence-electron chi connectivity index (χ0n) is 16.2. The summed E-state index contributed by atoms with van der Waals surface area (Å²) in [5, 5.41) is 9.61. The molecule has 2 aromatic carbocycles. The third-order valence-corrected chi connectivity index (χ3v) is 4.69. The highest BCUT2D eigenvalue weighted by molar-refractivity contribution is 5.98. The van der Waals surface area contributed by atoms with Crippen LogP contribution in [-0.2, 0) is 9.53 Å². The summed E-state index contributed by atoms with van der Waals surface area (Å²) < 4.78 is 5.43. The SMILES string of the molecule is CCCCC(CC)COC(=O)C=C(C#N)c1ccccc1-c1ccccc1. The Balaban J connectivity index is 2.17. The topological polar surface area (TPSA) is 50.1 Å². The lowest BCUT2D eigenvalue weighted by atomic mass is 9.95. The van der Waals surface area contributed by atoms with Gasteiger partial charge < -0.3 is 4.74 Å². The molecule has 0 aliphatic rings. The van der Waals surface area contributed by atoms with Gasteiger partial charge in [0.15, 0.2) is 0 Å². The van der Waals surface area contributed by atoms with Gasteiger partial charge in [0.05, 0.1) is 12.2 Å². The van der Waals surface area contributed by atoms with Crippen molar-refractivity contribution in [1.82, 2.24) is 0 Å². The van der Waals surface area contributed by atoms with E-state index >= 15 is 0 Å². The number of allylic oxidation sites excluding steroid dienone is 1. The van der Waals surface area contributed by atoms with E-state index in [2.05, 4.69) is 19.9 Å². The molecular formula is C24H27NO2. The molecule has 0 amide bonds. The zero-order valence-corrected chi connectivity index (χ0v) is 16.2. The highest BCUT2D eigenvalue weighted by atomic mass is 16.5. The first-order chi connectivity index (χ1) is 13.2. The Bertz CT molecular complexity index is 803. The maximum atomic E-state index is 12.3. The summed E-state index contributed by atoms with van der Waals surface area (Å²) in [7, 11) is 0. The molecule has 0 bridgehead atoms. The van der Waals surface area contributed by atoms with Crippen molar-refractivity contribution in [3.05, 3.63) is 66.2 Å². The van der Waals surface area contributed by atoms with Gasteiger partial charge in [0.2, 0.25) is 0 Å². The van der Waals surface area contributed by atoms with Crippen molar-refractivity contribution in [2.24, 2.45) is 5.92 Å². The molecule has 2 aromatic rings. The van der Waals surface area contributed by atoms with Gasteiger partial charge in [-0.1, -0.05) is 87.7 Å². The van der Waals surface area contributed by atoms with E-state index in [-0.39, 0.29) is 0 Å². The largest absolute Gasteiger partial charge is 0.462 e. The molecule has 1 atom stereocenters. The minimum Gasteiger partial charge on any atom is -0.462 e. The number of unbranched alkanes of at least 4 members (excludes halogenated alkanes) is 1. The fraction of sp³-hybridized carbons (Fsp3) is 0.333. The van der Waals surface area contributed by atoms with Crippen molar-refractivity contribution >= 4 is 11.5 Å². The Hall–Kier alpha value is -2.86. The first-order valence-corrected chi connectivity index (χ1v) is 9.62. The lowest BCUT2D eigenvalue weighted by Gasteiger charge is -2.14. The molecule has 0 spiro atoms. The number of hydrogen-bond acceptors (Lipinski definition) is 3. The molecule has 140 valence electrons. The normalized spacial score (nSPS) is 12.3. The van der Waals surface area contributed by atoms with Crippen LogP contribution >= 0.6 is 0 Å². The molecule has 1 unspecified atom stereocenters. The van der Waals surface area contributed by atoms with E-state index in [1.54, 1.807) is 0 Å². The number of nitriles is 1. The highest BCUT2D eigenvalue weighted by Crippen LogP contribution is 2.28. The lowest BCUT2D eigenvalue weighted by Crippen LogP contribution is -2.12. The Kier molecular flexibility index (Phi) is 8.32. The number of esters is 1. The fourth-order valence-electron chi connectivity index (χ4n) is 3.02. The molecule has 0 radical (unpaired) electrons. The monoisotopic (exact) mass is 361 g/mol. The van der Waals surface area contributed by atoms with Crippen LogP contribution in [0.2, 0.25) is 0 Å². The van der Waals surface area contributed by atoms with E-state index in [0.717, 1.165) is 42.4 Å². The number of rotatable bonds is 9. The van der Waals surface area contributed by atoms with E-state index in [4.69, 9.17) is 4.74 Å². The Morgan fingerprint density at radius 2 is 1.81 bits per heavy atom. The third-order valence-electron chi connectivity index (χ3n) is 4.69. The van der Waals surface area contributed by atoms with Crippen molar-refractivity contribution in [3.63, 3.8) is 0 Å². The molecule has 0 fully saturated rings. The van der Waals surface area contributed by atoms with E-state index in [9.17, 15) is 10.1 Å². The van der Waals surface area contributed by atoms with Crippen LogP contribution in [0.4, 0.5) is 0 Å². The second kappa shape index (κ2) is 11.0. The van der Waals surface area contributed by atoms with Gasteiger partial charge in [-0.2, -0.15) is 5.26 Å². The van der Waals surface area contributed by atoms with Gasteiger partial charge in [-0.3, -0.25) is 0 Å². The van der Waals surface area contributed by atoms with Gasteiger partial charge in [-0.25, -0.2) is 4.79 Å². The minimum absolute atomic E-state index is 0.320. The zero-order chi connectivity index (χ0) is 19.5. The smallest absolute Gasteiger partial charge is 0.332 e. The molecule has 0 aromatic heterocycles. The molecule has 2 rings (SSSR count). The molecule has 0 saturated heterocycles. The van der Waals surface area contributed by atoms with Gasteiger partial charge in [-0.05, 0) is 23.5 Å². The summed E-state index contributed by atoms with van der Waals surface area (Å²) >= 11 is 0. The van der Waals surface area contributed by atoms with Gasteiger partial charge in [0, 0.05) is 11.6 Å². The Morgan fingerprint density at radius 1 is 1.11 bits per heavy atom. The van der Waals surface area contributed by atoms with Crippen LogP contribution in [-0.4, -0.2) is 12.6 Å². The van der Waals surface area contributed by atoms with Crippen LogP contribution < -0.4 is 0 Å². The average Bonchev–Trinajstić information content (AvgIpc) is 2.73. The molecular weight excluding hydrogens is 334 g/mol. The molecule has 0 aliphatic carbocycles. The van der Waals surface area contributed by atoms with E-state index in [0.29, 0.717) is 18.1 Å². The van der Waals surface area contributed by atoms with Gasteiger partial charge in [-0.15, -0.1) is 0 Å². The van der Waals surface area contributed by atoms with Gasteiger partial charge in [0.1, 0.15) is 6.07 Å². The molecule has 0 N–H and O–H groups in total. The number of carbonyl (C=O) groups is 1. The van der Waals surface area contributed by atoms with Crippen molar-refractivity contribution in [2.75, 3.05) is 6.61 Å². The maximum Gasteiger partial charge on any atom is 0.332 e. The second-order valence-electron chi connectivity index (χ2n) is 6.63. The summed E-state index contributed by atoms with van der Waals surface area (Å²) in [5.41, 5.74) is 2.99. The van der Waals surface area contributed by atoms with Crippen molar-refractivity contribution in [3.8, 4) is 17.2 Å². The maximum absolute atomic E-state index is 12.3. The molecule has 3 heteroatoms.